The highest BCUT2D eigenvalue weighted by Gasteiger charge is 2.11. The van der Waals surface area contributed by atoms with Crippen molar-refractivity contribution in [3.63, 3.8) is 0 Å². The second-order valence-electron chi connectivity index (χ2n) is 3.36. The first-order chi connectivity index (χ1) is 7.61. The molecule has 0 saturated carbocycles. The van der Waals surface area contributed by atoms with E-state index in [1.165, 1.54) is 0 Å². The Balaban J connectivity index is 3.65. The molecule has 0 bridgehead atoms. The van der Waals surface area contributed by atoms with E-state index in [2.05, 4.69) is 16.0 Å². The highest BCUT2D eigenvalue weighted by atomic mass is 32.1. The van der Waals surface area contributed by atoms with E-state index < -0.39 is 0 Å². The van der Waals surface area contributed by atoms with Crippen LogP contribution in [0.1, 0.15) is 20.3 Å². The first-order valence-corrected chi connectivity index (χ1v) is 5.83. The van der Waals surface area contributed by atoms with Crippen LogP contribution in [0, 0.1) is 0 Å². The van der Waals surface area contributed by atoms with E-state index >= 15 is 0 Å². The maximum Gasteiger partial charge on any atom is 0.242 e. The van der Waals surface area contributed by atoms with Gasteiger partial charge >= 0.3 is 0 Å². The van der Waals surface area contributed by atoms with Gasteiger partial charge in [-0.1, -0.05) is 0 Å². The number of rotatable bonds is 7. The molecule has 0 aromatic heterocycles. The number of carbonyl (C=O) groups excluding carboxylic acids is 1. The van der Waals surface area contributed by atoms with Gasteiger partial charge in [-0.2, -0.15) is 0 Å². The SMILES string of the molecule is CCNC(=O)C(C)NC(=S)NCCCOC. The first kappa shape index (κ1) is 15.1. The number of hydrogen-bond donors (Lipinski definition) is 3. The lowest BCUT2D eigenvalue weighted by Crippen LogP contribution is -2.48. The third-order valence-corrected chi connectivity index (χ3v) is 2.16. The summed E-state index contributed by atoms with van der Waals surface area (Å²) in [7, 11) is 1.66. The molecule has 0 heterocycles. The van der Waals surface area contributed by atoms with Crippen LogP contribution in [0.2, 0.25) is 0 Å². The lowest BCUT2D eigenvalue weighted by Gasteiger charge is -2.16. The molecule has 0 rings (SSSR count). The Labute approximate surface area is 102 Å². The van der Waals surface area contributed by atoms with Gasteiger partial charge in [0.25, 0.3) is 0 Å². The van der Waals surface area contributed by atoms with E-state index in [1.54, 1.807) is 14.0 Å². The molecule has 94 valence electrons. The average Bonchev–Trinajstić information content (AvgIpc) is 2.24. The summed E-state index contributed by atoms with van der Waals surface area (Å²) in [5.74, 6) is -0.0523. The number of hydrogen-bond acceptors (Lipinski definition) is 3. The van der Waals surface area contributed by atoms with Gasteiger partial charge in [-0.15, -0.1) is 0 Å². The predicted molar refractivity (Wildman–Crippen MR) is 68.4 cm³/mol. The number of carbonyl (C=O) groups is 1. The van der Waals surface area contributed by atoms with Crippen molar-refractivity contribution in [2.75, 3.05) is 26.8 Å². The fourth-order valence-corrected chi connectivity index (χ4v) is 1.34. The number of thiocarbonyl (C=S) groups is 1. The monoisotopic (exact) mass is 247 g/mol. The predicted octanol–water partition coefficient (Wildman–Crippen LogP) is 0.0116. The van der Waals surface area contributed by atoms with Crippen molar-refractivity contribution in [1.82, 2.24) is 16.0 Å². The molecule has 0 spiro atoms. The Morgan fingerprint density at radius 3 is 2.69 bits per heavy atom. The van der Waals surface area contributed by atoms with Crippen LogP contribution in [0.3, 0.4) is 0 Å². The van der Waals surface area contributed by atoms with Gasteiger partial charge in [0.1, 0.15) is 6.04 Å². The van der Waals surface area contributed by atoms with Crippen molar-refractivity contribution >= 4 is 23.2 Å². The molecule has 0 radical (unpaired) electrons. The lowest BCUT2D eigenvalue weighted by molar-refractivity contribution is -0.122. The molecule has 0 aromatic rings. The molecule has 16 heavy (non-hydrogen) atoms. The van der Waals surface area contributed by atoms with E-state index in [0.717, 1.165) is 13.0 Å². The normalized spacial score (nSPS) is 11.7. The van der Waals surface area contributed by atoms with Crippen LogP contribution in [0.4, 0.5) is 0 Å². The van der Waals surface area contributed by atoms with E-state index in [0.29, 0.717) is 18.3 Å². The molecule has 0 aliphatic carbocycles. The summed E-state index contributed by atoms with van der Waals surface area (Å²) in [6, 6.07) is -0.317. The molecule has 1 unspecified atom stereocenters. The van der Waals surface area contributed by atoms with Crippen LogP contribution in [-0.4, -0.2) is 43.9 Å². The summed E-state index contributed by atoms with van der Waals surface area (Å²) < 4.78 is 4.91. The summed E-state index contributed by atoms with van der Waals surface area (Å²) in [4.78, 5) is 11.4. The summed E-state index contributed by atoms with van der Waals surface area (Å²) in [6.45, 7) is 5.71. The van der Waals surface area contributed by atoms with Gasteiger partial charge in [-0.3, -0.25) is 4.79 Å². The van der Waals surface area contributed by atoms with Crippen LogP contribution in [0.25, 0.3) is 0 Å². The number of likely N-dealkylation sites (N-methyl/N-ethyl adjacent to an activating group) is 1. The van der Waals surface area contributed by atoms with Crippen molar-refractivity contribution in [1.29, 1.82) is 0 Å². The summed E-state index contributed by atoms with van der Waals surface area (Å²) in [6.07, 6.45) is 0.883. The fourth-order valence-electron chi connectivity index (χ4n) is 1.06. The molecule has 5 nitrogen and oxygen atoms in total. The number of amides is 1. The van der Waals surface area contributed by atoms with Gasteiger partial charge in [0.2, 0.25) is 5.91 Å². The Morgan fingerprint density at radius 1 is 1.44 bits per heavy atom. The van der Waals surface area contributed by atoms with Crippen LogP contribution in [0.5, 0.6) is 0 Å². The quantitative estimate of drug-likeness (QED) is 0.437. The van der Waals surface area contributed by atoms with Gasteiger partial charge in [-0.25, -0.2) is 0 Å². The topological polar surface area (TPSA) is 62.4 Å². The van der Waals surface area contributed by atoms with Crippen molar-refractivity contribution in [3.8, 4) is 0 Å². The maximum atomic E-state index is 11.4. The van der Waals surface area contributed by atoms with E-state index in [4.69, 9.17) is 17.0 Å². The molecule has 0 saturated heterocycles. The maximum absolute atomic E-state index is 11.4. The highest BCUT2D eigenvalue weighted by molar-refractivity contribution is 7.80. The highest BCUT2D eigenvalue weighted by Crippen LogP contribution is 1.83. The van der Waals surface area contributed by atoms with Crippen molar-refractivity contribution in [2.45, 2.75) is 26.3 Å². The van der Waals surface area contributed by atoms with E-state index in [9.17, 15) is 4.79 Å². The van der Waals surface area contributed by atoms with Crippen molar-refractivity contribution in [2.24, 2.45) is 0 Å². The average molecular weight is 247 g/mol. The van der Waals surface area contributed by atoms with Gasteiger partial charge in [-0.05, 0) is 32.5 Å². The van der Waals surface area contributed by atoms with Gasteiger partial charge < -0.3 is 20.7 Å². The van der Waals surface area contributed by atoms with E-state index in [1.807, 2.05) is 6.92 Å². The zero-order chi connectivity index (χ0) is 12.4. The Kier molecular flexibility index (Phi) is 8.84. The molecule has 0 fully saturated rings. The number of nitrogens with one attached hydrogen (secondary N) is 3. The minimum atomic E-state index is -0.317. The molecular formula is C10H21N3O2S. The second-order valence-corrected chi connectivity index (χ2v) is 3.77. The largest absolute Gasteiger partial charge is 0.385 e. The molecule has 6 heteroatoms. The molecule has 0 aromatic carbocycles. The second kappa shape index (κ2) is 9.35. The Bertz CT molecular complexity index is 224. The minimum absolute atomic E-state index is 0.0523. The van der Waals surface area contributed by atoms with Gasteiger partial charge in [0.15, 0.2) is 5.11 Å². The molecule has 0 aliphatic heterocycles. The molecular weight excluding hydrogens is 226 g/mol. The first-order valence-electron chi connectivity index (χ1n) is 5.42. The summed E-state index contributed by atoms with van der Waals surface area (Å²) >= 11 is 5.04. The zero-order valence-corrected chi connectivity index (χ0v) is 10.9. The number of ether oxygens (including phenoxy) is 1. The zero-order valence-electron chi connectivity index (χ0n) is 10.1. The fraction of sp³-hybridized carbons (Fsp3) is 0.800. The Morgan fingerprint density at radius 2 is 2.12 bits per heavy atom. The van der Waals surface area contributed by atoms with Crippen molar-refractivity contribution in [3.05, 3.63) is 0 Å². The summed E-state index contributed by atoms with van der Waals surface area (Å²) in [5, 5.41) is 9.13. The van der Waals surface area contributed by atoms with Crippen LogP contribution in [-0.2, 0) is 9.53 Å². The lowest BCUT2D eigenvalue weighted by atomic mass is 10.3. The summed E-state index contributed by atoms with van der Waals surface area (Å²) in [5.41, 5.74) is 0. The standard InChI is InChI=1S/C10H21N3O2S/c1-4-11-9(14)8(2)13-10(16)12-6-5-7-15-3/h8H,4-7H2,1-3H3,(H,11,14)(H2,12,13,16). The molecule has 1 atom stereocenters. The number of methoxy groups -OCH3 is 1. The third kappa shape index (κ3) is 7.42. The van der Waals surface area contributed by atoms with Crippen LogP contribution >= 0.6 is 12.2 Å². The van der Waals surface area contributed by atoms with Gasteiger partial charge in [0, 0.05) is 26.8 Å². The molecule has 3 N–H and O–H groups in total. The third-order valence-electron chi connectivity index (χ3n) is 1.90. The molecule has 0 aliphatic rings. The van der Waals surface area contributed by atoms with Crippen LogP contribution < -0.4 is 16.0 Å². The van der Waals surface area contributed by atoms with Gasteiger partial charge in [0.05, 0.1) is 0 Å². The van der Waals surface area contributed by atoms with E-state index in [-0.39, 0.29) is 11.9 Å². The van der Waals surface area contributed by atoms with Crippen molar-refractivity contribution < 1.29 is 9.53 Å². The minimum Gasteiger partial charge on any atom is -0.385 e. The molecule has 1 amide bonds. The Hall–Kier alpha value is -0.880. The van der Waals surface area contributed by atoms with Crippen LogP contribution in [0.15, 0.2) is 0 Å². The smallest absolute Gasteiger partial charge is 0.242 e.